The zero-order valence-corrected chi connectivity index (χ0v) is 10.1. The molecule has 0 radical (unpaired) electrons. The quantitative estimate of drug-likeness (QED) is 0.490. The maximum Gasteiger partial charge on any atom is 0.315 e. The highest BCUT2D eigenvalue weighted by Crippen LogP contribution is 2.25. The van der Waals surface area contributed by atoms with Crippen molar-refractivity contribution in [3.05, 3.63) is 0 Å². The standard InChI is InChI=1S/C10H19N3O4/c1-3-10(4-2,8(15)16)6-13-9(17)12-5-7(11)14/h3-6H2,1-2H3,(H2,11,14)(H,15,16)(H2,12,13,17). The van der Waals surface area contributed by atoms with Crippen molar-refractivity contribution in [3.63, 3.8) is 0 Å². The summed E-state index contributed by atoms with van der Waals surface area (Å²) >= 11 is 0. The van der Waals surface area contributed by atoms with Crippen molar-refractivity contribution >= 4 is 17.9 Å². The molecule has 0 aromatic carbocycles. The zero-order valence-electron chi connectivity index (χ0n) is 10.1. The van der Waals surface area contributed by atoms with E-state index in [0.29, 0.717) is 12.8 Å². The van der Waals surface area contributed by atoms with E-state index >= 15 is 0 Å². The van der Waals surface area contributed by atoms with E-state index in [1.165, 1.54) is 0 Å². The Hall–Kier alpha value is -1.79. The SMILES string of the molecule is CCC(CC)(CNC(=O)NCC(N)=O)C(=O)O. The van der Waals surface area contributed by atoms with Gasteiger partial charge in [0.2, 0.25) is 5.91 Å². The highest BCUT2D eigenvalue weighted by molar-refractivity contribution is 5.83. The van der Waals surface area contributed by atoms with E-state index in [2.05, 4.69) is 10.6 Å². The number of primary amides is 1. The van der Waals surface area contributed by atoms with Crippen molar-refractivity contribution in [1.29, 1.82) is 0 Å². The summed E-state index contributed by atoms with van der Waals surface area (Å²) in [6.45, 7) is 3.24. The van der Waals surface area contributed by atoms with Gasteiger partial charge in [-0.25, -0.2) is 4.79 Å². The van der Waals surface area contributed by atoms with Gasteiger partial charge in [0.25, 0.3) is 0 Å². The summed E-state index contributed by atoms with van der Waals surface area (Å²) in [7, 11) is 0. The van der Waals surface area contributed by atoms with Gasteiger partial charge in [0.05, 0.1) is 12.0 Å². The maximum absolute atomic E-state index is 11.2. The highest BCUT2D eigenvalue weighted by Gasteiger charge is 2.35. The summed E-state index contributed by atoms with van der Waals surface area (Å²) in [6, 6.07) is -0.601. The summed E-state index contributed by atoms with van der Waals surface area (Å²) in [4.78, 5) is 32.8. The van der Waals surface area contributed by atoms with Crippen LogP contribution in [0.25, 0.3) is 0 Å². The molecule has 0 aromatic heterocycles. The molecular weight excluding hydrogens is 226 g/mol. The Morgan fingerprint density at radius 3 is 2.06 bits per heavy atom. The molecule has 0 fully saturated rings. The van der Waals surface area contributed by atoms with E-state index in [1.54, 1.807) is 13.8 Å². The molecule has 0 unspecified atom stereocenters. The van der Waals surface area contributed by atoms with Crippen LogP contribution in [0.3, 0.4) is 0 Å². The van der Waals surface area contributed by atoms with Gasteiger partial charge < -0.3 is 21.5 Å². The lowest BCUT2D eigenvalue weighted by atomic mass is 9.82. The minimum absolute atomic E-state index is 0.0138. The normalized spacial score (nSPS) is 10.7. The van der Waals surface area contributed by atoms with Crippen LogP contribution < -0.4 is 16.4 Å². The van der Waals surface area contributed by atoms with Crippen LogP contribution in [-0.4, -0.2) is 36.1 Å². The highest BCUT2D eigenvalue weighted by atomic mass is 16.4. The van der Waals surface area contributed by atoms with Crippen LogP contribution in [0.1, 0.15) is 26.7 Å². The first kappa shape index (κ1) is 15.2. The molecule has 0 spiro atoms. The van der Waals surface area contributed by atoms with Gasteiger partial charge in [-0.3, -0.25) is 9.59 Å². The number of hydrogen-bond acceptors (Lipinski definition) is 3. The van der Waals surface area contributed by atoms with Crippen molar-refractivity contribution < 1.29 is 19.5 Å². The molecule has 0 heterocycles. The van der Waals surface area contributed by atoms with Crippen LogP contribution >= 0.6 is 0 Å². The zero-order chi connectivity index (χ0) is 13.5. The number of amides is 3. The van der Waals surface area contributed by atoms with Gasteiger partial charge in [-0.1, -0.05) is 13.8 Å². The topological polar surface area (TPSA) is 122 Å². The molecule has 0 aliphatic carbocycles. The van der Waals surface area contributed by atoms with Crippen LogP contribution in [0.15, 0.2) is 0 Å². The van der Waals surface area contributed by atoms with E-state index in [4.69, 9.17) is 10.8 Å². The maximum atomic E-state index is 11.2. The predicted octanol–water partition coefficient (Wildman–Crippen LogP) is -0.338. The van der Waals surface area contributed by atoms with E-state index in [1.807, 2.05) is 0 Å². The van der Waals surface area contributed by atoms with Crippen molar-refractivity contribution in [3.8, 4) is 0 Å². The minimum atomic E-state index is -0.968. The van der Waals surface area contributed by atoms with Gasteiger partial charge in [-0.05, 0) is 12.8 Å². The average molecular weight is 245 g/mol. The number of nitrogens with one attached hydrogen (secondary N) is 2. The molecule has 0 aliphatic rings. The third-order valence-corrected chi connectivity index (χ3v) is 2.82. The second-order valence-corrected chi connectivity index (χ2v) is 3.80. The third-order valence-electron chi connectivity index (χ3n) is 2.82. The van der Waals surface area contributed by atoms with Crippen LogP contribution in [0.4, 0.5) is 4.79 Å². The number of carbonyl (C=O) groups excluding carboxylic acids is 2. The number of aliphatic carboxylic acids is 1. The van der Waals surface area contributed by atoms with Gasteiger partial charge in [0, 0.05) is 6.54 Å². The molecule has 0 atom stereocenters. The molecule has 0 aromatic rings. The number of hydrogen-bond donors (Lipinski definition) is 4. The number of carboxylic acid groups (broad SMARTS) is 1. The van der Waals surface area contributed by atoms with Gasteiger partial charge in [0.1, 0.15) is 0 Å². The lowest BCUT2D eigenvalue weighted by Crippen LogP contribution is -2.47. The number of urea groups is 1. The van der Waals surface area contributed by atoms with Gasteiger partial charge in [0.15, 0.2) is 0 Å². The average Bonchev–Trinajstić information content (AvgIpc) is 2.28. The Labute approximate surface area is 99.7 Å². The van der Waals surface area contributed by atoms with E-state index < -0.39 is 23.3 Å². The summed E-state index contributed by atoms with van der Waals surface area (Å²) in [5.74, 6) is -1.60. The van der Waals surface area contributed by atoms with Crippen molar-refractivity contribution in [2.45, 2.75) is 26.7 Å². The fourth-order valence-electron chi connectivity index (χ4n) is 1.36. The first-order chi connectivity index (χ1) is 7.88. The van der Waals surface area contributed by atoms with Crippen molar-refractivity contribution in [1.82, 2.24) is 10.6 Å². The molecule has 0 saturated carbocycles. The number of carbonyl (C=O) groups is 3. The smallest absolute Gasteiger partial charge is 0.315 e. The second-order valence-electron chi connectivity index (χ2n) is 3.80. The molecule has 0 saturated heterocycles. The largest absolute Gasteiger partial charge is 0.481 e. The molecule has 17 heavy (non-hydrogen) atoms. The summed E-state index contributed by atoms with van der Waals surface area (Å²) < 4.78 is 0. The van der Waals surface area contributed by atoms with Crippen LogP contribution in [0.2, 0.25) is 0 Å². The van der Waals surface area contributed by atoms with E-state index in [9.17, 15) is 14.4 Å². The summed E-state index contributed by atoms with van der Waals surface area (Å²) in [6.07, 6.45) is 0.823. The minimum Gasteiger partial charge on any atom is -0.481 e. The Bertz CT molecular complexity index is 300. The van der Waals surface area contributed by atoms with E-state index in [-0.39, 0.29) is 13.1 Å². The predicted molar refractivity (Wildman–Crippen MR) is 61.2 cm³/mol. The lowest BCUT2D eigenvalue weighted by molar-refractivity contribution is -0.149. The molecule has 5 N–H and O–H groups in total. The monoisotopic (exact) mass is 245 g/mol. The number of nitrogens with two attached hydrogens (primary N) is 1. The molecule has 0 bridgehead atoms. The molecule has 3 amide bonds. The lowest BCUT2D eigenvalue weighted by Gasteiger charge is -2.26. The van der Waals surface area contributed by atoms with Crippen molar-refractivity contribution in [2.24, 2.45) is 11.1 Å². The Morgan fingerprint density at radius 1 is 1.18 bits per heavy atom. The summed E-state index contributed by atoms with van der Waals surface area (Å²) in [5, 5.41) is 13.8. The molecule has 98 valence electrons. The third kappa shape index (κ3) is 4.71. The second kappa shape index (κ2) is 6.72. The molecular formula is C10H19N3O4. The van der Waals surface area contributed by atoms with Crippen molar-refractivity contribution in [2.75, 3.05) is 13.1 Å². The first-order valence-corrected chi connectivity index (χ1v) is 5.41. The molecule has 7 nitrogen and oxygen atoms in total. The Balaban J connectivity index is 4.27. The Morgan fingerprint density at radius 2 is 1.71 bits per heavy atom. The number of rotatable bonds is 7. The fraction of sp³-hybridized carbons (Fsp3) is 0.700. The van der Waals surface area contributed by atoms with E-state index in [0.717, 1.165) is 0 Å². The number of carboxylic acids is 1. The fourth-order valence-corrected chi connectivity index (χ4v) is 1.36. The molecule has 7 heteroatoms. The van der Waals surface area contributed by atoms with Gasteiger partial charge in [-0.15, -0.1) is 0 Å². The van der Waals surface area contributed by atoms with Crippen LogP contribution in [-0.2, 0) is 9.59 Å². The Kier molecular flexibility index (Phi) is 6.01. The van der Waals surface area contributed by atoms with Crippen LogP contribution in [0, 0.1) is 5.41 Å². The van der Waals surface area contributed by atoms with Crippen LogP contribution in [0.5, 0.6) is 0 Å². The van der Waals surface area contributed by atoms with Gasteiger partial charge >= 0.3 is 12.0 Å². The molecule has 0 rings (SSSR count). The summed E-state index contributed by atoms with van der Waals surface area (Å²) in [5.41, 5.74) is 3.88. The van der Waals surface area contributed by atoms with Gasteiger partial charge in [-0.2, -0.15) is 0 Å². The molecule has 0 aliphatic heterocycles. The first-order valence-electron chi connectivity index (χ1n) is 5.41.